The van der Waals surface area contributed by atoms with Crippen molar-refractivity contribution in [1.82, 2.24) is 14.5 Å². The van der Waals surface area contributed by atoms with E-state index >= 15 is 0 Å². The summed E-state index contributed by atoms with van der Waals surface area (Å²) in [7, 11) is 0. The van der Waals surface area contributed by atoms with Crippen LogP contribution in [0.2, 0.25) is 0 Å². The van der Waals surface area contributed by atoms with E-state index < -0.39 is 0 Å². The molecule has 2 saturated heterocycles. The highest BCUT2D eigenvalue weighted by atomic mass is 16.5. The van der Waals surface area contributed by atoms with Crippen LogP contribution in [0.1, 0.15) is 26.7 Å². The summed E-state index contributed by atoms with van der Waals surface area (Å²) < 4.78 is 7.14. The molecule has 0 aliphatic carbocycles. The lowest BCUT2D eigenvalue weighted by atomic mass is 9.92. The van der Waals surface area contributed by atoms with Crippen LogP contribution in [0.3, 0.4) is 0 Å². The van der Waals surface area contributed by atoms with Gasteiger partial charge in [-0.25, -0.2) is 4.98 Å². The second kappa shape index (κ2) is 8.53. The molecule has 7 heteroatoms. The van der Waals surface area contributed by atoms with E-state index in [1.54, 1.807) is 4.57 Å². The molecule has 4 rings (SSSR count). The number of piperidine rings is 1. The third-order valence-electron chi connectivity index (χ3n) is 5.92. The van der Waals surface area contributed by atoms with Crippen LogP contribution in [0.25, 0.3) is 11.0 Å². The summed E-state index contributed by atoms with van der Waals surface area (Å²) in [4.78, 5) is 34.7. The molecule has 1 amide bonds. The fourth-order valence-electron chi connectivity index (χ4n) is 4.61. The van der Waals surface area contributed by atoms with Crippen LogP contribution in [-0.2, 0) is 16.1 Å². The first kappa shape index (κ1) is 19.9. The Morgan fingerprint density at radius 3 is 2.55 bits per heavy atom. The van der Waals surface area contributed by atoms with Crippen molar-refractivity contribution in [3.63, 3.8) is 0 Å². The molecule has 1 aromatic carbocycles. The highest BCUT2D eigenvalue weighted by Crippen LogP contribution is 2.22. The summed E-state index contributed by atoms with van der Waals surface area (Å²) >= 11 is 0. The number of aryl methyl sites for hydroxylation is 1. The van der Waals surface area contributed by atoms with Gasteiger partial charge in [0, 0.05) is 39.1 Å². The van der Waals surface area contributed by atoms with Gasteiger partial charge in [0.15, 0.2) is 5.82 Å². The molecule has 2 fully saturated rings. The predicted molar refractivity (Wildman–Crippen MR) is 113 cm³/mol. The van der Waals surface area contributed by atoms with Crippen LogP contribution in [0, 0.1) is 11.8 Å². The first-order valence-corrected chi connectivity index (χ1v) is 10.6. The number of anilines is 1. The molecule has 2 aromatic rings. The van der Waals surface area contributed by atoms with Gasteiger partial charge in [-0.05, 0) is 30.4 Å². The second-order valence-electron chi connectivity index (χ2n) is 8.48. The fraction of sp³-hybridized carbons (Fsp3) is 0.591. The molecule has 0 radical (unpaired) electrons. The summed E-state index contributed by atoms with van der Waals surface area (Å²) in [6, 6.07) is 7.66. The molecule has 29 heavy (non-hydrogen) atoms. The van der Waals surface area contributed by atoms with Crippen molar-refractivity contribution >= 4 is 22.8 Å². The van der Waals surface area contributed by atoms with Gasteiger partial charge in [0.05, 0.1) is 24.2 Å². The van der Waals surface area contributed by atoms with Gasteiger partial charge in [-0.3, -0.25) is 9.59 Å². The van der Waals surface area contributed by atoms with Crippen LogP contribution in [0.15, 0.2) is 29.1 Å². The third-order valence-corrected chi connectivity index (χ3v) is 5.92. The van der Waals surface area contributed by atoms with Gasteiger partial charge in [0.1, 0.15) is 0 Å². The summed E-state index contributed by atoms with van der Waals surface area (Å²) in [5, 5.41) is 0. The minimum Gasteiger partial charge on any atom is -0.378 e. The van der Waals surface area contributed by atoms with E-state index in [0.717, 1.165) is 24.1 Å². The number of likely N-dealkylation sites (tertiary alicyclic amines) is 1. The average molecular weight is 399 g/mol. The number of nitrogens with zero attached hydrogens (tertiary/aromatic N) is 4. The highest BCUT2D eigenvalue weighted by Gasteiger charge is 2.26. The lowest BCUT2D eigenvalue weighted by molar-refractivity contribution is -0.134. The molecule has 0 spiro atoms. The van der Waals surface area contributed by atoms with E-state index in [2.05, 4.69) is 18.8 Å². The third kappa shape index (κ3) is 4.29. The normalized spacial score (nSPS) is 22.8. The molecule has 0 N–H and O–H groups in total. The summed E-state index contributed by atoms with van der Waals surface area (Å²) in [6.07, 6.45) is 1.50. The Morgan fingerprint density at radius 1 is 1.14 bits per heavy atom. The Bertz CT molecular complexity index is 925. The number of hydrogen-bond donors (Lipinski definition) is 0. The SMILES string of the molecule is CC1CC(C)CN(C(=O)CCn2c(=O)c(N3CCOCC3)nc3ccccc32)C1. The Morgan fingerprint density at radius 2 is 1.83 bits per heavy atom. The smallest absolute Gasteiger partial charge is 0.294 e. The molecule has 1 aromatic heterocycles. The number of aromatic nitrogens is 2. The predicted octanol–water partition coefficient (Wildman–Crippen LogP) is 2.13. The summed E-state index contributed by atoms with van der Waals surface area (Å²) in [5.41, 5.74) is 1.43. The molecule has 3 heterocycles. The van der Waals surface area contributed by atoms with Crippen LogP contribution in [0.4, 0.5) is 5.82 Å². The second-order valence-corrected chi connectivity index (χ2v) is 8.48. The van der Waals surface area contributed by atoms with Crippen molar-refractivity contribution in [2.75, 3.05) is 44.3 Å². The Hall–Kier alpha value is -2.41. The maximum Gasteiger partial charge on any atom is 0.294 e. The van der Waals surface area contributed by atoms with E-state index in [1.165, 1.54) is 6.42 Å². The lowest BCUT2D eigenvalue weighted by Gasteiger charge is -2.35. The zero-order valence-corrected chi connectivity index (χ0v) is 17.3. The maximum absolute atomic E-state index is 13.3. The lowest BCUT2D eigenvalue weighted by Crippen LogP contribution is -2.43. The average Bonchev–Trinajstić information content (AvgIpc) is 2.72. The van der Waals surface area contributed by atoms with Gasteiger partial charge in [-0.2, -0.15) is 0 Å². The number of amides is 1. The molecular formula is C22H30N4O3. The van der Waals surface area contributed by atoms with Crippen LogP contribution in [0.5, 0.6) is 0 Å². The largest absolute Gasteiger partial charge is 0.378 e. The summed E-state index contributed by atoms with van der Waals surface area (Å²) in [5.74, 6) is 1.64. The van der Waals surface area contributed by atoms with E-state index in [9.17, 15) is 9.59 Å². The van der Waals surface area contributed by atoms with Crippen molar-refractivity contribution < 1.29 is 9.53 Å². The monoisotopic (exact) mass is 398 g/mol. The van der Waals surface area contributed by atoms with Crippen LogP contribution >= 0.6 is 0 Å². The van der Waals surface area contributed by atoms with Gasteiger partial charge < -0.3 is 19.1 Å². The first-order valence-electron chi connectivity index (χ1n) is 10.6. The van der Waals surface area contributed by atoms with Crippen molar-refractivity contribution in [3.05, 3.63) is 34.6 Å². The van der Waals surface area contributed by atoms with Gasteiger partial charge >= 0.3 is 0 Å². The van der Waals surface area contributed by atoms with Gasteiger partial charge in [0.2, 0.25) is 5.91 Å². The highest BCUT2D eigenvalue weighted by molar-refractivity contribution is 5.78. The topological polar surface area (TPSA) is 67.7 Å². The molecule has 2 unspecified atom stereocenters. The van der Waals surface area contributed by atoms with Crippen molar-refractivity contribution in [2.24, 2.45) is 11.8 Å². The number of carbonyl (C=O) groups excluding carboxylic acids is 1. The number of carbonyl (C=O) groups is 1. The van der Waals surface area contributed by atoms with Gasteiger partial charge in [-0.1, -0.05) is 26.0 Å². The van der Waals surface area contributed by atoms with E-state index in [0.29, 0.717) is 56.9 Å². The number of rotatable bonds is 4. The number of para-hydroxylation sites is 2. The molecule has 2 aliphatic rings. The molecule has 7 nitrogen and oxygen atoms in total. The van der Waals surface area contributed by atoms with Crippen molar-refractivity contribution in [1.29, 1.82) is 0 Å². The van der Waals surface area contributed by atoms with E-state index in [4.69, 9.17) is 4.74 Å². The Balaban J connectivity index is 1.59. The van der Waals surface area contributed by atoms with E-state index in [-0.39, 0.29) is 11.5 Å². The Kier molecular flexibility index (Phi) is 5.85. The number of fused-ring (bicyclic) bond motifs is 1. The maximum atomic E-state index is 13.3. The molecule has 156 valence electrons. The quantitative estimate of drug-likeness (QED) is 0.789. The molecule has 0 bridgehead atoms. The van der Waals surface area contributed by atoms with Crippen LogP contribution in [-0.4, -0.2) is 59.8 Å². The molecule has 0 saturated carbocycles. The van der Waals surface area contributed by atoms with Crippen LogP contribution < -0.4 is 10.5 Å². The van der Waals surface area contributed by atoms with Gasteiger partial charge in [-0.15, -0.1) is 0 Å². The molecule has 2 aliphatic heterocycles. The number of ether oxygens (including phenoxy) is 1. The van der Waals surface area contributed by atoms with Crippen molar-refractivity contribution in [2.45, 2.75) is 33.2 Å². The fourth-order valence-corrected chi connectivity index (χ4v) is 4.61. The zero-order chi connectivity index (χ0) is 20.4. The first-order chi connectivity index (χ1) is 14.0. The minimum absolute atomic E-state index is 0.126. The van der Waals surface area contributed by atoms with Crippen molar-refractivity contribution in [3.8, 4) is 0 Å². The standard InChI is InChI=1S/C22H30N4O3/c1-16-13-17(2)15-25(14-16)20(27)7-8-26-19-6-4-3-5-18(19)23-21(22(26)28)24-9-11-29-12-10-24/h3-6,16-17H,7-15H2,1-2H3. The number of hydrogen-bond acceptors (Lipinski definition) is 5. The number of benzene rings is 1. The Labute approximate surface area is 171 Å². The van der Waals surface area contributed by atoms with E-state index in [1.807, 2.05) is 34.1 Å². The van der Waals surface area contributed by atoms with Gasteiger partial charge in [0.25, 0.3) is 5.56 Å². The zero-order valence-electron chi connectivity index (χ0n) is 17.3. The summed E-state index contributed by atoms with van der Waals surface area (Å²) in [6.45, 7) is 8.90. The molecular weight excluding hydrogens is 368 g/mol. The molecule has 2 atom stereocenters. The number of morpholine rings is 1. The minimum atomic E-state index is -0.126.